The summed E-state index contributed by atoms with van der Waals surface area (Å²) in [4.78, 5) is 24.3. The quantitative estimate of drug-likeness (QED) is 0.538. The van der Waals surface area contributed by atoms with Gasteiger partial charge in [-0.25, -0.2) is 9.59 Å². The van der Waals surface area contributed by atoms with Gasteiger partial charge in [0.2, 0.25) is 0 Å². The highest BCUT2D eigenvalue weighted by molar-refractivity contribution is 7.87. The van der Waals surface area contributed by atoms with Crippen LogP contribution in [0, 0.1) is 6.92 Å². The highest BCUT2D eigenvalue weighted by Gasteiger charge is 2.32. The Balaban J connectivity index is 1.85. The van der Waals surface area contributed by atoms with E-state index < -0.39 is 28.2 Å². The summed E-state index contributed by atoms with van der Waals surface area (Å²) in [5, 5.41) is 5.24. The number of hydrogen-bond donors (Lipinski definition) is 2. The second-order valence-electron chi connectivity index (χ2n) is 6.71. The molecule has 0 aromatic heterocycles. The number of aryl methyl sites for hydroxylation is 1. The molecule has 0 aliphatic carbocycles. The van der Waals surface area contributed by atoms with Gasteiger partial charge in [0, 0.05) is 5.70 Å². The molecule has 1 aliphatic heterocycles. The van der Waals surface area contributed by atoms with Crippen molar-refractivity contribution < 1.29 is 26.9 Å². The molecule has 0 saturated carbocycles. The summed E-state index contributed by atoms with van der Waals surface area (Å²) < 4.78 is 35.2. The molecule has 2 N–H and O–H groups in total. The van der Waals surface area contributed by atoms with Crippen LogP contribution in [-0.4, -0.2) is 27.0 Å². The van der Waals surface area contributed by atoms with E-state index in [2.05, 4.69) is 10.6 Å². The average Bonchev–Trinajstić information content (AvgIpc) is 2.68. The predicted molar refractivity (Wildman–Crippen MR) is 109 cm³/mol. The van der Waals surface area contributed by atoms with Crippen molar-refractivity contribution in [2.45, 2.75) is 31.7 Å². The van der Waals surface area contributed by atoms with Gasteiger partial charge in [-0.3, -0.25) is 0 Å². The molecule has 158 valence electrons. The third-order valence-corrected chi connectivity index (χ3v) is 5.75. The van der Waals surface area contributed by atoms with Gasteiger partial charge in [0.05, 0.1) is 18.2 Å². The standard InChI is InChI=1S/C21H22N2O6S/c1-4-28-20(24)18-14(3)22-21(25)23-19(18)15-7-9-16(10-8-15)29-30(26,27)17-11-5-13(2)6-12-17/h5-12,19H,4H2,1-3H3,(H2,22,23,25). The highest BCUT2D eigenvalue weighted by Crippen LogP contribution is 2.29. The van der Waals surface area contributed by atoms with Crippen molar-refractivity contribution in [2.24, 2.45) is 0 Å². The Kier molecular flexibility index (Phi) is 6.12. The van der Waals surface area contributed by atoms with Crippen LogP contribution >= 0.6 is 0 Å². The molecule has 1 heterocycles. The molecule has 1 unspecified atom stereocenters. The van der Waals surface area contributed by atoms with Crippen LogP contribution < -0.4 is 14.8 Å². The van der Waals surface area contributed by atoms with Gasteiger partial charge in [0.25, 0.3) is 0 Å². The average molecular weight is 430 g/mol. The molecular weight excluding hydrogens is 408 g/mol. The van der Waals surface area contributed by atoms with Crippen LogP contribution in [-0.2, 0) is 19.6 Å². The number of ether oxygens (including phenoxy) is 1. The van der Waals surface area contributed by atoms with Crippen LogP contribution in [0.4, 0.5) is 4.79 Å². The smallest absolute Gasteiger partial charge is 0.339 e. The summed E-state index contributed by atoms with van der Waals surface area (Å²) in [5.74, 6) is -0.437. The first-order valence-corrected chi connectivity index (χ1v) is 10.7. The number of urea groups is 1. The number of benzene rings is 2. The fourth-order valence-corrected chi connectivity index (χ4v) is 3.95. The van der Waals surface area contributed by atoms with Gasteiger partial charge in [-0.05, 0) is 50.6 Å². The van der Waals surface area contributed by atoms with Crippen LogP contribution in [0.1, 0.15) is 31.0 Å². The van der Waals surface area contributed by atoms with Gasteiger partial charge < -0.3 is 19.6 Å². The molecule has 9 heteroatoms. The summed E-state index contributed by atoms with van der Waals surface area (Å²) in [7, 11) is -3.98. The molecule has 1 aliphatic rings. The van der Waals surface area contributed by atoms with Gasteiger partial charge in [0.1, 0.15) is 10.6 Å². The number of rotatable bonds is 6. The molecule has 0 fully saturated rings. The van der Waals surface area contributed by atoms with Gasteiger partial charge in [-0.1, -0.05) is 29.8 Å². The second kappa shape index (κ2) is 8.58. The van der Waals surface area contributed by atoms with Crippen molar-refractivity contribution in [3.63, 3.8) is 0 Å². The lowest BCUT2D eigenvalue weighted by Crippen LogP contribution is -2.45. The summed E-state index contributed by atoms with van der Waals surface area (Å²) >= 11 is 0. The van der Waals surface area contributed by atoms with Crippen molar-refractivity contribution in [3.8, 4) is 5.75 Å². The Hall–Kier alpha value is -3.33. The van der Waals surface area contributed by atoms with Crippen LogP contribution in [0.25, 0.3) is 0 Å². The molecule has 0 radical (unpaired) electrons. The first-order valence-electron chi connectivity index (χ1n) is 9.28. The topological polar surface area (TPSA) is 111 Å². The van der Waals surface area contributed by atoms with Crippen LogP contribution in [0.2, 0.25) is 0 Å². The Labute approximate surface area is 175 Å². The molecule has 1 atom stereocenters. The first kappa shape index (κ1) is 21.4. The van der Waals surface area contributed by atoms with Gasteiger partial charge in [-0.2, -0.15) is 8.42 Å². The number of nitrogens with one attached hydrogen (secondary N) is 2. The zero-order chi connectivity index (χ0) is 21.9. The minimum Gasteiger partial charge on any atom is -0.463 e. The van der Waals surface area contributed by atoms with Crippen molar-refractivity contribution in [3.05, 3.63) is 70.9 Å². The zero-order valence-corrected chi connectivity index (χ0v) is 17.6. The number of carbonyl (C=O) groups excluding carboxylic acids is 2. The molecule has 3 rings (SSSR count). The third kappa shape index (κ3) is 4.62. The molecule has 0 bridgehead atoms. The van der Waals surface area contributed by atoms with Crippen molar-refractivity contribution in [1.82, 2.24) is 10.6 Å². The molecule has 0 spiro atoms. The molecule has 2 aromatic carbocycles. The molecule has 30 heavy (non-hydrogen) atoms. The molecule has 2 amide bonds. The van der Waals surface area contributed by atoms with Crippen molar-refractivity contribution in [2.75, 3.05) is 6.61 Å². The maximum Gasteiger partial charge on any atom is 0.339 e. The van der Waals surface area contributed by atoms with E-state index in [-0.39, 0.29) is 22.8 Å². The third-order valence-electron chi connectivity index (χ3n) is 4.49. The number of amides is 2. The lowest BCUT2D eigenvalue weighted by atomic mass is 9.95. The van der Waals surface area contributed by atoms with E-state index in [0.29, 0.717) is 11.3 Å². The zero-order valence-electron chi connectivity index (χ0n) is 16.8. The maximum absolute atomic E-state index is 12.4. The minimum atomic E-state index is -3.98. The molecule has 2 aromatic rings. The fraction of sp³-hybridized carbons (Fsp3) is 0.238. The van der Waals surface area contributed by atoms with E-state index in [1.807, 2.05) is 6.92 Å². The van der Waals surface area contributed by atoms with Crippen LogP contribution in [0.5, 0.6) is 5.75 Å². The van der Waals surface area contributed by atoms with E-state index in [1.165, 1.54) is 24.3 Å². The van der Waals surface area contributed by atoms with E-state index in [0.717, 1.165) is 5.56 Å². The number of allylic oxidation sites excluding steroid dienone is 1. The Morgan fingerprint density at radius 2 is 1.67 bits per heavy atom. The Bertz CT molecular complexity index is 1090. The maximum atomic E-state index is 12.4. The summed E-state index contributed by atoms with van der Waals surface area (Å²) in [6, 6.07) is 11.2. The Morgan fingerprint density at radius 1 is 1.03 bits per heavy atom. The Morgan fingerprint density at radius 3 is 2.27 bits per heavy atom. The van der Waals surface area contributed by atoms with Crippen molar-refractivity contribution in [1.29, 1.82) is 0 Å². The summed E-state index contributed by atoms with van der Waals surface area (Å²) in [5.41, 5.74) is 2.18. The summed E-state index contributed by atoms with van der Waals surface area (Å²) in [6.45, 7) is 5.36. The van der Waals surface area contributed by atoms with Gasteiger partial charge >= 0.3 is 22.1 Å². The van der Waals surface area contributed by atoms with Crippen molar-refractivity contribution >= 4 is 22.1 Å². The SMILES string of the molecule is CCOC(=O)C1=C(C)NC(=O)NC1c1ccc(OS(=O)(=O)c2ccc(C)cc2)cc1. The van der Waals surface area contributed by atoms with E-state index in [9.17, 15) is 18.0 Å². The first-order chi connectivity index (χ1) is 14.2. The van der Waals surface area contributed by atoms with E-state index >= 15 is 0 Å². The van der Waals surface area contributed by atoms with Crippen LogP contribution in [0.3, 0.4) is 0 Å². The van der Waals surface area contributed by atoms with E-state index in [1.54, 1.807) is 38.1 Å². The molecule has 8 nitrogen and oxygen atoms in total. The predicted octanol–water partition coefficient (Wildman–Crippen LogP) is 2.95. The monoisotopic (exact) mass is 430 g/mol. The number of esters is 1. The molecule has 0 saturated heterocycles. The van der Waals surface area contributed by atoms with Gasteiger partial charge in [0.15, 0.2) is 0 Å². The largest absolute Gasteiger partial charge is 0.463 e. The normalized spacial score (nSPS) is 16.5. The lowest BCUT2D eigenvalue weighted by molar-refractivity contribution is -0.139. The summed E-state index contributed by atoms with van der Waals surface area (Å²) in [6.07, 6.45) is 0. The fourth-order valence-electron chi connectivity index (χ4n) is 3.02. The minimum absolute atomic E-state index is 0.0472. The number of carbonyl (C=O) groups is 2. The molecular formula is C21H22N2O6S. The number of hydrogen-bond acceptors (Lipinski definition) is 6. The van der Waals surface area contributed by atoms with Crippen LogP contribution in [0.15, 0.2) is 64.7 Å². The van der Waals surface area contributed by atoms with E-state index in [4.69, 9.17) is 8.92 Å². The second-order valence-corrected chi connectivity index (χ2v) is 8.26. The highest BCUT2D eigenvalue weighted by atomic mass is 32.2. The van der Waals surface area contributed by atoms with Gasteiger partial charge in [-0.15, -0.1) is 0 Å². The lowest BCUT2D eigenvalue weighted by Gasteiger charge is -2.28.